The number of unbranched alkanes of at least 4 members (excludes halogenated alkanes) is 3. The van der Waals surface area contributed by atoms with Crippen LogP contribution < -0.4 is 11.5 Å². The smallest absolute Gasteiger partial charge is 0 e. The second-order valence-corrected chi connectivity index (χ2v) is 23.0. The molecule has 0 spiro atoms. The van der Waals surface area contributed by atoms with E-state index in [0.717, 1.165) is 25.9 Å². The van der Waals surface area contributed by atoms with Crippen molar-refractivity contribution in [2.75, 3.05) is 36.7 Å². The van der Waals surface area contributed by atoms with Gasteiger partial charge in [-0.3, -0.25) is 36.5 Å². The van der Waals surface area contributed by atoms with Crippen molar-refractivity contribution in [3.63, 3.8) is 0 Å². The number of hydrogen-bond acceptors (Lipinski definition) is 10. The van der Waals surface area contributed by atoms with Gasteiger partial charge in [-0.2, -0.15) is 0 Å². The Kier molecular flexibility index (Phi) is 76.9. The largest absolute Gasteiger partial charge is 0 e. The topological polar surface area (TPSA) is 512 Å². The van der Waals surface area contributed by atoms with Gasteiger partial charge in [-0.1, -0.05) is 12.8 Å². The van der Waals surface area contributed by atoms with Gasteiger partial charge in [0.2, 0.25) is 0 Å². The normalized spacial score (nSPS) is 11.5. The first-order valence-electron chi connectivity index (χ1n) is 10.5. The Labute approximate surface area is 543 Å². The standard InChI is InChI=1S/C6H16N2.4CH6O6P2.6K.5H/c7-5-3-1-2-4-6-8;4*2-8(3,4)1-9(5,6)7;;;;;;;;;;;/h1-8H2;4*1H2,(H2,2,3,4)(H2,5,6,7);;;;;;;;;;;. The Bertz CT molecular complexity index is 916. The van der Waals surface area contributed by atoms with Crippen LogP contribution in [-0.4, -0.2) is 423 Å². The molecule has 20 N–H and O–H groups in total. The third-order valence-corrected chi connectivity index (χ3v) is 14.4. The van der Waals surface area contributed by atoms with Gasteiger partial charge in [0.15, 0.2) is 23.6 Å². The maximum atomic E-state index is 9.85. The van der Waals surface area contributed by atoms with E-state index in [-0.39, 0.29) is 308 Å². The summed E-state index contributed by atoms with van der Waals surface area (Å²) in [5.41, 5.74) is 10.6. The quantitative estimate of drug-likeness (QED) is 0.0464. The van der Waals surface area contributed by atoms with Crippen molar-refractivity contribution in [3.8, 4) is 0 Å². The first kappa shape index (κ1) is 87.8. The van der Waals surface area contributed by atoms with Crippen molar-refractivity contribution in [2.45, 2.75) is 25.7 Å². The molecule has 0 aliphatic rings. The molecule has 0 saturated carbocycles. The zero-order chi connectivity index (χ0) is 37.1. The van der Waals surface area contributed by atoms with E-state index in [1.807, 2.05) is 0 Å². The third-order valence-electron chi connectivity index (χ3n) is 2.63. The molecule has 285 valence electrons. The summed E-state index contributed by atoms with van der Waals surface area (Å²) in [6.45, 7) is 1.65. The molecule has 0 atom stereocenters. The Hall–Kier alpha value is 10.9. The maximum Gasteiger partial charge on any atom is 0 e. The summed E-state index contributed by atoms with van der Waals surface area (Å²) < 4.78 is 78.8. The van der Waals surface area contributed by atoms with E-state index >= 15 is 0 Å². The van der Waals surface area contributed by atoms with Crippen LogP contribution in [0.2, 0.25) is 0 Å². The van der Waals surface area contributed by atoms with Gasteiger partial charge in [0.25, 0.3) is 0 Å². The van der Waals surface area contributed by atoms with Gasteiger partial charge in [-0.15, -0.1) is 0 Å². The van der Waals surface area contributed by atoms with E-state index in [1.54, 1.807) is 0 Å². The number of hydrogen-bond donors (Lipinski definition) is 18. The summed E-state index contributed by atoms with van der Waals surface area (Å²) in [5, 5.41) is 0. The minimum atomic E-state index is -4.55. The predicted molar refractivity (Wildman–Crippen MR) is 194 cm³/mol. The second-order valence-electron chi connectivity index (χ2n) is 7.87. The van der Waals surface area contributed by atoms with Gasteiger partial charge in [0, 0.05) is 51.4 Å². The van der Waals surface area contributed by atoms with Crippen molar-refractivity contribution in [1.82, 2.24) is 0 Å². The van der Waals surface area contributed by atoms with E-state index in [1.165, 1.54) is 12.8 Å². The molecule has 1 radical (unpaired) electrons. The monoisotopic (exact) mass is 1060 g/mol. The summed E-state index contributed by atoms with van der Waals surface area (Å²) in [4.78, 5) is 128. The van der Waals surface area contributed by atoms with Crippen LogP contribution in [0.4, 0.5) is 0 Å². The zero-order valence-electron chi connectivity index (χ0n) is 23.2. The molecule has 0 amide bonds. The average molecular weight is 1060 g/mol. The van der Waals surface area contributed by atoms with Gasteiger partial charge >= 0.3 is 318 Å². The van der Waals surface area contributed by atoms with Crippen molar-refractivity contribution < 1.29 is 115 Å². The molecule has 0 unspecified atom stereocenters. The summed E-state index contributed by atoms with van der Waals surface area (Å²) in [7, 11) is -36.4. The van der Waals surface area contributed by atoms with Crippen LogP contribution >= 0.6 is 60.8 Å². The number of nitrogens with two attached hydrogens (primary N) is 2. The van der Waals surface area contributed by atoms with Crippen LogP contribution in [0.3, 0.4) is 0 Å². The van der Waals surface area contributed by atoms with Gasteiger partial charge < -0.3 is 89.8 Å². The first-order chi connectivity index (χ1) is 18.7. The average Bonchev–Trinajstić information content (AvgIpc) is 2.55. The molecule has 0 aliphatic heterocycles. The SMILES string of the molecule is NCCCCCCN.O=P(O)(O)CP(=O)(O)O.O=P(O)(O)CP(=O)(O)O.O=P(O)(O)CP(=O)(O)O.O=P(O)(O)CP(=O)(O)O.[KH].[KH].[KH].[KH].[KH].[K]. The fourth-order valence-electron chi connectivity index (χ4n) is 1.60. The summed E-state index contributed by atoms with van der Waals surface area (Å²) in [6.07, 6.45) is 4.79. The van der Waals surface area contributed by atoms with Crippen LogP contribution in [0, 0.1) is 0 Å². The molecule has 26 nitrogen and oxygen atoms in total. The van der Waals surface area contributed by atoms with Crippen molar-refractivity contribution in [3.05, 3.63) is 0 Å². The second kappa shape index (κ2) is 43.8. The predicted octanol–water partition coefficient (Wildman–Crippen LogP) is -5.96. The van der Waals surface area contributed by atoms with Crippen LogP contribution in [0.15, 0.2) is 0 Å². The van der Waals surface area contributed by atoms with Crippen molar-refractivity contribution in [2.24, 2.45) is 11.5 Å². The van der Waals surface area contributed by atoms with Gasteiger partial charge in [0.1, 0.15) is 0 Å². The molecule has 0 aromatic carbocycles. The Balaban J connectivity index is -0.0000000410. The molecule has 0 fully saturated rings. The Morgan fingerprint density at radius 2 is 0.380 bits per heavy atom. The fraction of sp³-hybridized carbons (Fsp3) is 1.00. The maximum absolute atomic E-state index is 9.85. The van der Waals surface area contributed by atoms with E-state index in [9.17, 15) is 36.5 Å². The summed E-state index contributed by atoms with van der Waals surface area (Å²) in [5.74, 6) is -5.50. The molecule has 0 aliphatic carbocycles. The van der Waals surface area contributed by atoms with Crippen molar-refractivity contribution >= 4 is 369 Å². The van der Waals surface area contributed by atoms with Crippen molar-refractivity contribution in [1.29, 1.82) is 0 Å². The minimum Gasteiger partial charge on any atom is 0 e. The van der Waals surface area contributed by atoms with Gasteiger partial charge in [-0.25, -0.2) is 0 Å². The molecule has 0 bridgehead atoms. The van der Waals surface area contributed by atoms with E-state index in [0.29, 0.717) is 0 Å². The summed E-state index contributed by atoms with van der Waals surface area (Å²) >= 11 is 0. The van der Waals surface area contributed by atoms with Gasteiger partial charge in [-0.05, 0) is 25.9 Å². The van der Waals surface area contributed by atoms with E-state index in [4.69, 9.17) is 89.8 Å². The minimum absolute atomic E-state index is 0. The Morgan fingerprint density at radius 3 is 0.420 bits per heavy atom. The van der Waals surface area contributed by atoms with Crippen LogP contribution in [0.1, 0.15) is 25.7 Å². The van der Waals surface area contributed by atoms with E-state index in [2.05, 4.69) is 0 Å². The molecule has 0 rings (SSSR count). The zero-order valence-corrected chi connectivity index (χ0v) is 33.5. The van der Waals surface area contributed by atoms with Crippen LogP contribution in [-0.2, 0) is 36.5 Å². The molecule has 0 aromatic heterocycles. The molecule has 50 heavy (non-hydrogen) atoms. The number of rotatable bonds is 13. The van der Waals surface area contributed by atoms with Crippen LogP contribution in [0.25, 0.3) is 0 Å². The fourth-order valence-corrected chi connectivity index (χ4v) is 9.28. The molecule has 0 heterocycles. The molecule has 0 aromatic rings. The van der Waals surface area contributed by atoms with Crippen LogP contribution in [0.5, 0.6) is 0 Å². The third kappa shape index (κ3) is 124. The van der Waals surface area contributed by atoms with Gasteiger partial charge in [0.05, 0.1) is 0 Å². The molecule has 0 saturated heterocycles. The first-order valence-corrected chi connectivity index (χ1v) is 24.9. The molecule has 40 heteroatoms. The Morgan fingerprint density at radius 1 is 0.280 bits per heavy atom. The van der Waals surface area contributed by atoms with E-state index < -0.39 is 84.4 Å². The molecular weight excluding hydrogens is 1010 g/mol. The molecular formula is C10H45K6N2O24P8. The summed E-state index contributed by atoms with van der Waals surface area (Å²) in [6, 6.07) is 0.